The van der Waals surface area contributed by atoms with E-state index in [2.05, 4.69) is 24.0 Å². The number of anilines is 1. The molecular weight excluding hydrogens is 443 g/mol. The number of nitrogens with zero attached hydrogens (tertiary/aromatic N) is 3. The zero-order valence-corrected chi connectivity index (χ0v) is 21.1. The Kier molecular flexibility index (Phi) is 8.86. The minimum Gasteiger partial charge on any atom is -0.355 e. The highest BCUT2D eigenvalue weighted by Gasteiger charge is 2.29. The maximum absolute atomic E-state index is 13.6. The Balaban J connectivity index is 1.72. The van der Waals surface area contributed by atoms with Crippen LogP contribution < -0.4 is 10.2 Å². The third kappa shape index (κ3) is 7.05. The van der Waals surface area contributed by atoms with Crippen LogP contribution in [0, 0.1) is 25.2 Å². The summed E-state index contributed by atoms with van der Waals surface area (Å²) in [5.41, 5.74) is 4.06. The molecule has 186 valence electrons. The number of carbonyl (C=O) groups is 2. The normalized spacial score (nSPS) is 14.4. The lowest BCUT2D eigenvalue weighted by molar-refractivity contribution is -0.130. The van der Waals surface area contributed by atoms with Crippen molar-refractivity contribution in [3.05, 3.63) is 70.3 Å². The van der Waals surface area contributed by atoms with Gasteiger partial charge in [0.1, 0.15) is 5.82 Å². The Morgan fingerprint density at radius 1 is 1.14 bits per heavy atom. The smallest absolute Gasteiger partial charge is 0.242 e. The first-order valence-corrected chi connectivity index (χ1v) is 12.2. The molecule has 1 aliphatic rings. The maximum Gasteiger partial charge on any atom is 0.242 e. The van der Waals surface area contributed by atoms with Gasteiger partial charge < -0.3 is 15.1 Å². The van der Waals surface area contributed by atoms with Gasteiger partial charge in [0.15, 0.2) is 5.69 Å². The molecule has 1 aliphatic carbocycles. The highest BCUT2D eigenvalue weighted by molar-refractivity contribution is 5.87. The van der Waals surface area contributed by atoms with Gasteiger partial charge in [0.25, 0.3) is 0 Å². The van der Waals surface area contributed by atoms with E-state index in [1.165, 1.54) is 6.07 Å². The quantitative estimate of drug-likeness (QED) is 0.399. The Morgan fingerprint density at radius 2 is 1.89 bits per heavy atom. The molecule has 0 bridgehead atoms. The molecule has 2 aromatic carbocycles. The van der Waals surface area contributed by atoms with Crippen LogP contribution in [-0.2, 0) is 22.4 Å². The van der Waals surface area contributed by atoms with E-state index in [1.807, 2.05) is 13.0 Å². The number of rotatable bonds is 10. The number of nitrogens with one attached hydrogen (secondary N) is 1. The Morgan fingerprint density at radius 3 is 2.60 bits per heavy atom. The van der Waals surface area contributed by atoms with Gasteiger partial charge in [0.2, 0.25) is 11.8 Å². The lowest BCUT2D eigenvalue weighted by Gasteiger charge is -2.30. The number of benzene rings is 2. The van der Waals surface area contributed by atoms with Crippen molar-refractivity contribution in [2.24, 2.45) is 5.92 Å². The van der Waals surface area contributed by atoms with Gasteiger partial charge in [-0.15, -0.1) is 0 Å². The van der Waals surface area contributed by atoms with Gasteiger partial charge in [-0.3, -0.25) is 9.59 Å². The molecule has 0 aliphatic heterocycles. The first-order valence-electron chi connectivity index (χ1n) is 12.2. The number of carbonyl (C=O) groups excluding carboxylic acids is 2. The van der Waals surface area contributed by atoms with Crippen LogP contribution in [0.15, 0.2) is 36.4 Å². The van der Waals surface area contributed by atoms with E-state index >= 15 is 0 Å². The van der Waals surface area contributed by atoms with Crippen molar-refractivity contribution in [3.63, 3.8) is 0 Å². The van der Waals surface area contributed by atoms with Gasteiger partial charge in [-0.25, -0.2) is 9.24 Å². The van der Waals surface area contributed by atoms with E-state index in [4.69, 9.17) is 6.57 Å². The van der Waals surface area contributed by atoms with Gasteiger partial charge in [0, 0.05) is 25.3 Å². The topological polar surface area (TPSA) is 57.0 Å². The van der Waals surface area contributed by atoms with E-state index < -0.39 is 0 Å². The van der Waals surface area contributed by atoms with Crippen molar-refractivity contribution in [1.29, 1.82) is 0 Å². The number of amides is 2. The maximum atomic E-state index is 13.6. The summed E-state index contributed by atoms with van der Waals surface area (Å²) in [5, 5.41) is 2.96. The second-order valence-corrected chi connectivity index (χ2v) is 9.80. The van der Waals surface area contributed by atoms with E-state index in [-0.39, 0.29) is 36.8 Å². The molecule has 1 atom stereocenters. The highest BCUT2D eigenvalue weighted by Crippen LogP contribution is 2.28. The number of hydrogen-bond donors (Lipinski definition) is 1. The monoisotopic (exact) mass is 478 g/mol. The summed E-state index contributed by atoms with van der Waals surface area (Å²) in [7, 11) is 1.77. The molecule has 0 radical (unpaired) electrons. The summed E-state index contributed by atoms with van der Waals surface area (Å²) in [6, 6.07) is 10.0. The largest absolute Gasteiger partial charge is 0.355 e. The average molecular weight is 479 g/mol. The van der Waals surface area contributed by atoms with Crippen LogP contribution in [0.2, 0.25) is 0 Å². The van der Waals surface area contributed by atoms with Gasteiger partial charge in [-0.05, 0) is 73.4 Å². The van der Waals surface area contributed by atoms with E-state index in [0.717, 1.165) is 29.5 Å². The molecule has 0 saturated heterocycles. The number of hydrogen-bond acceptors (Lipinski definition) is 3. The summed E-state index contributed by atoms with van der Waals surface area (Å²) in [6.07, 6.45) is 3.23. The van der Waals surface area contributed by atoms with Crippen LogP contribution in [0.3, 0.4) is 0 Å². The van der Waals surface area contributed by atoms with Crippen molar-refractivity contribution in [3.8, 4) is 0 Å². The molecule has 3 rings (SSSR count). The van der Waals surface area contributed by atoms with E-state index in [9.17, 15) is 14.0 Å². The third-order valence-electron chi connectivity index (χ3n) is 6.62. The fraction of sp³-hybridized carbons (Fsp3) is 0.464. The molecule has 2 amide bonds. The molecular formula is C28H35FN4O2. The first-order chi connectivity index (χ1) is 16.7. The predicted octanol–water partition coefficient (Wildman–Crippen LogP) is 4.67. The van der Waals surface area contributed by atoms with Gasteiger partial charge in [-0.2, -0.15) is 0 Å². The van der Waals surface area contributed by atoms with Crippen LogP contribution >= 0.6 is 0 Å². The molecule has 0 fully saturated rings. The average Bonchev–Trinajstić information content (AvgIpc) is 3.24. The minimum absolute atomic E-state index is 0.0133. The summed E-state index contributed by atoms with van der Waals surface area (Å²) in [5.74, 6) is 0.0389. The zero-order chi connectivity index (χ0) is 25.5. The number of likely N-dealkylation sites (N-methyl/N-ethyl adjacent to an activating group) is 1. The molecule has 0 saturated carbocycles. The molecule has 2 aromatic rings. The summed E-state index contributed by atoms with van der Waals surface area (Å²) in [6.45, 7) is 14.2. The summed E-state index contributed by atoms with van der Waals surface area (Å²) in [4.78, 5) is 33.1. The highest BCUT2D eigenvalue weighted by atomic mass is 19.1. The minimum atomic E-state index is -0.265. The van der Waals surface area contributed by atoms with E-state index in [1.54, 1.807) is 41.1 Å². The Bertz CT molecular complexity index is 1110. The Hall–Kier alpha value is -3.40. The summed E-state index contributed by atoms with van der Waals surface area (Å²) < 4.78 is 13.6. The molecule has 7 heteroatoms. The Labute approximate surface area is 207 Å². The van der Waals surface area contributed by atoms with Gasteiger partial charge >= 0.3 is 0 Å². The molecule has 0 heterocycles. The second kappa shape index (κ2) is 11.8. The van der Waals surface area contributed by atoms with Crippen LogP contribution in [0.5, 0.6) is 0 Å². The number of fused-ring (bicyclic) bond motifs is 1. The molecule has 1 N–H and O–H groups in total. The van der Waals surface area contributed by atoms with Crippen molar-refractivity contribution >= 4 is 23.2 Å². The SMILES string of the molecule is [C-]#[N+]c1ccc(C)c(N(CC(=O)NCCCC(C)C)CC(=O)N(C)C2Cc3ccc(F)cc3C2)c1. The lowest BCUT2D eigenvalue weighted by Crippen LogP contribution is -2.47. The van der Waals surface area contributed by atoms with Crippen LogP contribution in [0.4, 0.5) is 15.8 Å². The fourth-order valence-corrected chi connectivity index (χ4v) is 4.52. The molecule has 0 spiro atoms. The van der Waals surface area contributed by atoms with Gasteiger partial charge in [0.05, 0.1) is 19.7 Å². The van der Waals surface area contributed by atoms with Crippen LogP contribution in [-0.4, -0.2) is 49.4 Å². The second-order valence-electron chi connectivity index (χ2n) is 9.80. The predicted molar refractivity (Wildman–Crippen MR) is 137 cm³/mol. The van der Waals surface area contributed by atoms with Crippen LogP contribution in [0.25, 0.3) is 4.85 Å². The van der Waals surface area contributed by atoms with Crippen molar-refractivity contribution in [2.75, 3.05) is 31.6 Å². The molecule has 1 unspecified atom stereocenters. The van der Waals surface area contributed by atoms with Crippen molar-refractivity contribution < 1.29 is 14.0 Å². The molecule has 35 heavy (non-hydrogen) atoms. The van der Waals surface area contributed by atoms with Crippen LogP contribution in [0.1, 0.15) is 43.4 Å². The lowest BCUT2D eigenvalue weighted by atomic mass is 10.1. The molecule has 0 aromatic heterocycles. The zero-order valence-electron chi connectivity index (χ0n) is 21.1. The fourth-order valence-electron chi connectivity index (χ4n) is 4.52. The molecule has 6 nitrogen and oxygen atoms in total. The number of halogens is 1. The van der Waals surface area contributed by atoms with E-state index in [0.29, 0.717) is 36.7 Å². The first kappa shape index (κ1) is 26.2. The number of aryl methyl sites for hydroxylation is 1. The van der Waals surface area contributed by atoms with Crippen molar-refractivity contribution in [2.45, 2.75) is 52.5 Å². The van der Waals surface area contributed by atoms with Crippen molar-refractivity contribution in [1.82, 2.24) is 10.2 Å². The summed E-state index contributed by atoms with van der Waals surface area (Å²) >= 11 is 0. The third-order valence-corrected chi connectivity index (χ3v) is 6.62. The standard InChI is InChI=1S/C28H35FN4O2/c1-19(2)7-6-12-31-27(34)17-33(26-16-24(30-4)11-8-20(26)3)18-28(35)32(5)25-14-21-9-10-23(29)13-22(21)15-25/h8-11,13,16,19,25H,6-7,12,14-15,17-18H2,1-3,5H3,(H,31,34). The van der Waals surface area contributed by atoms with Gasteiger partial charge in [-0.1, -0.05) is 32.0 Å².